The molecule has 1 amide bonds. The van der Waals surface area contributed by atoms with Crippen LogP contribution in [0.5, 0.6) is 0 Å². The maximum atomic E-state index is 12.0. The van der Waals surface area contributed by atoms with Crippen molar-refractivity contribution in [1.29, 1.82) is 0 Å². The Labute approximate surface area is 170 Å². The third-order valence-electron chi connectivity index (χ3n) is 4.50. The Morgan fingerprint density at radius 2 is 1.75 bits per heavy atom. The van der Waals surface area contributed by atoms with Gasteiger partial charge in [-0.25, -0.2) is 9.97 Å². The van der Waals surface area contributed by atoms with Gasteiger partial charge in [-0.15, -0.1) is 0 Å². The van der Waals surface area contributed by atoms with E-state index < -0.39 is 5.97 Å². The summed E-state index contributed by atoms with van der Waals surface area (Å²) in [6, 6.07) is 8.06. The highest BCUT2D eigenvalue weighted by molar-refractivity contribution is 7.98. The van der Waals surface area contributed by atoms with E-state index in [2.05, 4.69) is 15.3 Å². The predicted octanol–water partition coefficient (Wildman–Crippen LogP) is 2.96. The Morgan fingerprint density at radius 1 is 1.07 bits per heavy atom. The van der Waals surface area contributed by atoms with Crippen molar-refractivity contribution in [2.24, 2.45) is 0 Å². The van der Waals surface area contributed by atoms with E-state index in [9.17, 15) is 9.59 Å². The molecule has 1 heterocycles. The number of aromatic nitrogens is 2. The van der Waals surface area contributed by atoms with Gasteiger partial charge in [0.15, 0.2) is 11.8 Å². The van der Waals surface area contributed by atoms with Crippen molar-refractivity contribution < 1.29 is 14.3 Å². The number of esters is 1. The van der Waals surface area contributed by atoms with E-state index in [4.69, 9.17) is 4.74 Å². The summed E-state index contributed by atoms with van der Waals surface area (Å²) in [7, 11) is 0. The maximum Gasteiger partial charge on any atom is 0.306 e. The van der Waals surface area contributed by atoms with Gasteiger partial charge in [-0.1, -0.05) is 36.0 Å². The molecule has 1 aromatic carbocycles. The first-order valence-corrected chi connectivity index (χ1v) is 10.5. The molecule has 1 aromatic heterocycles. The molecule has 0 fully saturated rings. The zero-order chi connectivity index (χ0) is 20.5. The van der Waals surface area contributed by atoms with Gasteiger partial charge in [0.25, 0.3) is 5.91 Å². The van der Waals surface area contributed by atoms with Crippen molar-refractivity contribution in [2.45, 2.75) is 45.2 Å². The van der Waals surface area contributed by atoms with E-state index in [0.29, 0.717) is 13.0 Å². The Morgan fingerprint density at radius 3 is 2.39 bits per heavy atom. The van der Waals surface area contributed by atoms with E-state index in [1.165, 1.54) is 22.9 Å². The fraction of sp³-hybridized carbons (Fsp3) is 0.429. The van der Waals surface area contributed by atoms with Gasteiger partial charge in [-0.3, -0.25) is 9.59 Å². The lowest BCUT2D eigenvalue weighted by molar-refractivity contribution is -0.148. The number of nitrogens with zero attached hydrogens (tertiary/aromatic N) is 2. The highest BCUT2D eigenvalue weighted by Gasteiger charge is 2.12. The molecule has 2 rings (SSSR count). The van der Waals surface area contributed by atoms with Gasteiger partial charge >= 0.3 is 5.97 Å². The van der Waals surface area contributed by atoms with Crippen LogP contribution in [0.1, 0.15) is 34.5 Å². The quantitative estimate of drug-likeness (QED) is 0.395. The molecule has 1 N–H and O–H groups in total. The second-order valence-corrected chi connectivity index (χ2v) is 7.32. The first kappa shape index (κ1) is 21.9. The molecule has 2 aromatic rings. The molecule has 0 aliphatic carbocycles. The average molecular weight is 402 g/mol. The van der Waals surface area contributed by atoms with Crippen LogP contribution in [0.2, 0.25) is 0 Å². The van der Waals surface area contributed by atoms with E-state index in [1.807, 2.05) is 51.3 Å². The first-order chi connectivity index (χ1) is 13.4. The van der Waals surface area contributed by atoms with Crippen LogP contribution in [-0.2, 0) is 27.2 Å². The Balaban J connectivity index is 1.71. The van der Waals surface area contributed by atoms with E-state index in [-0.39, 0.29) is 18.9 Å². The Bertz CT molecular complexity index is 816. The number of amides is 1. The highest BCUT2D eigenvalue weighted by atomic mass is 32.2. The second kappa shape index (κ2) is 10.8. The molecule has 6 nitrogen and oxygen atoms in total. The number of benzene rings is 1. The second-order valence-electron chi connectivity index (χ2n) is 6.55. The smallest absolute Gasteiger partial charge is 0.306 e. The van der Waals surface area contributed by atoms with Crippen molar-refractivity contribution in [1.82, 2.24) is 15.3 Å². The number of ether oxygens (including phenoxy) is 1. The summed E-state index contributed by atoms with van der Waals surface area (Å²) in [5.74, 6) is -0.691. The van der Waals surface area contributed by atoms with Crippen LogP contribution in [0.3, 0.4) is 0 Å². The lowest BCUT2D eigenvalue weighted by Crippen LogP contribution is -2.30. The number of hydrogen-bond acceptors (Lipinski definition) is 6. The molecular weight excluding hydrogens is 374 g/mol. The standard InChI is InChI=1S/C21H27N3O3S/c1-14-7-5-6-8-17(14)11-12-22-19(25)13-27-20(26)10-9-18-15(2)23-21(28-4)24-16(18)3/h5-8H,9-13H2,1-4H3,(H,22,25). The predicted molar refractivity (Wildman–Crippen MR) is 110 cm³/mol. The Kier molecular flexibility index (Phi) is 8.44. The van der Waals surface area contributed by atoms with Crippen LogP contribution >= 0.6 is 11.8 Å². The molecule has 7 heteroatoms. The third kappa shape index (κ3) is 6.64. The molecule has 0 aliphatic rings. The van der Waals surface area contributed by atoms with Crippen molar-refractivity contribution in [3.63, 3.8) is 0 Å². The van der Waals surface area contributed by atoms with Crippen LogP contribution in [-0.4, -0.2) is 41.3 Å². The number of thioether (sulfide) groups is 1. The molecule has 0 bridgehead atoms. The van der Waals surface area contributed by atoms with Gasteiger partial charge in [0.2, 0.25) is 0 Å². The molecular formula is C21H27N3O3S. The van der Waals surface area contributed by atoms with Gasteiger partial charge in [0.05, 0.1) is 0 Å². The monoisotopic (exact) mass is 401 g/mol. The molecule has 0 atom stereocenters. The SMILES string of the molecule is CSc1nc(C)c(CCC(=O)OCC(=O)NCCc2ccccc2C)c(C)n1. The summed E-state index contributed by atoms with van der Waals surface area (Å²) in [5.41, 5.74) is 5.10. The zero-order valence-electron chi connectivity index (χ0n) is 16.9. The van der Waals surface area contributed by atoms with E-state index >= 15 is 0 Å². The summed E-state index contributed by atoms with van der Waals surface area (Å²) in [5, 5.41) is 3.51. The molecule has 0 unspecified atom stereocenters. The maximum absolute atomic E-state index is 12.0. The molecule has 0 radical (unpaired) electrons. The molecule has 0 aliphatic heterocycles. The van der Waals surface area contributed by atoms with E-state index in [0.717, 1.165) is 28.5 Å². The average Bonchev–Trinajstić information content (AvgIpc) is 2.67. The first-order valence-electron chi connectivity index (χ1n) is 9.25. The van der Waals surface area contributed by atoms with Crippen molar-refractivity contribution in [3.05, 3.63) is 52.3 Å². The van der Waals surface area contributed by atoms with Crippen LogP contribution in [0.15, 0.2) is 29.4 Å². The molecule has 0 saturated carbocycles. The largest absolute Gasteiger partial charge is 0.456 e. The van der Waals surface area contributed by atoms with Crippen LogP contribution in [0, 0.1) is 20.8 Å². The van der Waals surface area contributed by atoms with Crippen LogP contribution in [0.4, 0.5) is 0 Å². The summed E-state index contributed by atoms with van der Waals surface area (Å²) in [4.78, 5) is 32.6. The van der Waals surface area contributed by atoms with Gasteiger partial charge < -0.3 is 10.1 Å². The lowest BCUT2D eigenvalue weighted by atomic mass is 10.1. The minimum atomic E-state index is -0.401. The number of carbonyl (C=O) groups excluding carboxylic acids is 2. The van der Waals surface area contributed by atoms with Crippen molar-refractivity contribution >= 4 is 23.6 Å². The number of carbonyl (C=O) groups is 2. The van der Waals surface area contributed by atoms with Gasteiger partial charge in [-0.2, -0.15) is 0 Å². The molecule has 0 saturated heterocycles. The Hall–Kier alpha value is -2.41. The number of hydrogen-bond donors (Lipinski definition) is 1. The number of aryl methyl sites for hydroxylation is 3. The van der Waals surface area contributed by atoms with E-state index in [1.54, 1.807) is 0 Å². The topological polar surface area (TPSA) is 81.2 Å². The van der Waals surface area contributed by atoms with Gasteiger partial charge in [0, 0.05) is 24.4 Å². The summed E-state index contributed by atoms with van der Waals surface area (Å²) in [6.45, 7) is 6.13. The zero-order valence-corrected chi connectivity index (χ0v) is 17.7. The number of nitrogens with one attached hydrogen (secondary N) is 1. The fourth-order valence-electron chi connectivity index (χ4n) is 2.89. The van der Waals surface area contributed by atoms with Crippen molar-refractivity contribution in [3.8, 4) is 0 Å². The minimum absolute atomic E-state index is 0.195. The normalized spacial score (nSPS) is 10.6. The summed E-state index contributed by atoms with van der Waals surface area (Å²) < 4.78 is 5.08. The molecule has 0 spiro atoms. The minimum Gasteiger partial charge on any atom is -0.456 e. The molecule has 150 valence electrons. The molecule has 28 heavy (non-hydrogen) atoms. The van der Waals surface area contributed by atoms with Crippen LogP contribution < -0.4 is 5.32 Å². The van der Waals surface area contributed by atoms with Crippen LogP contribution in [0.25, 0.3) is 0 Å². The van der Waals surface area contributed by atoms with Crippen molar-refractivity contribution in [2.75, 3.05) is 19.4 Å². The highest BCUT2D eigenvalue weighted by Crippen LogP contribution is 2.17. The summed E-state index contributed by atoms with van der Waals surface area (Å²) >= 11 is 1.49. The number of rotatable bonds is 9. The summed E-state index contributed by atoms with van der Waals surface area (Å²) in [6.07, 6.45) is 3.37. The van der Waals surface area contributed by atoms with Gasteiger partial charge in [-0.05, 0) is 56.6 Å². The fourth-order valence-corrected chi connectivity index (χ4v) is 3.34. The van der Waals surface area contributed by atoms with Gasteiger partial charge in [0.1, 0.15) is 0 Å². The third-order valence-corrected chi connectivity index (χ3v) is 5.05. The lowest BCUT2D eigenvalue weighted by Gasteiger charge is -2.10.